The minimum absolute atomic E-state index is 0.0360. The van der Waals surface area contributed by atoms with Crippen molar-refractivity contribution in [2.75, 3.05) is 6.54 Å². The standard InChI is InChI=1S/C22H28FN3O2/c1-5-15-9-11-16(12-10-15)20(17-7-6-8-18(23)13-17)24-14-19(27)25-21(28)26-22(2,3)4/h6-13,20,24H,5,14H2,1-4H3,(H2,25,26,27,28)/p+1/t20-/m1/s1. The number of aryl methyl sites for hydroxylation is 1. The van der Waals surface area contributed by atoms with Crippen molar-refractivity contribution in [2.45, 2.75) is 45.7 Å². The zero-order chi connectivity index (χ0) is 20.7. The van der Waals surface area contributed by atoms with Crippen LogP contribution in [0.4, 0.5) is 9.18 Å². The van der Waals surface area contributed by atoms with Crippen LogP contribution in [-0.2, 0) is 11.2 Å². The summed E-state index contributed by atoms with van der Waals surface area (Å²) in [5.41, 5.74) is 2.50. The van der Waals surface area contributed by atoms with Crippen molar-refractivity contribution in [3.63, 3.8) is 0 Å². The van der Waals surface area contributed by atoms with E-state index in [1.807, 2.05) is 51.1 Å². The highest BCUT2D eigenvalue weighted by Crippen LogP contribution is 2.20. The van der Waals surface area contributed by atoms with Gasteiger partial charge >= 0.3 is 6.03 Å². The second-order valence-electron chi connectivity index (χ2n) is 7.82. The number of urea groups is 1. The molecule has 0 fully saturated rings. The fourth-order valence-corrected chi connectivity index (χ4v) is 2.90. The summed E-state index contributed by atoms with van der Waals surface area (Å²) in [6.45, 7) is 7.63. The summed E-state index contributed by atoms with van der Waals surface area (Å²) in [6, 6.07) is 13.6. The fourth-order valence-electron chi connectivity index (χ4n) is 2.90. The van der Waals surface area contributed by atoms with Crippen LogP contribution in [0.3, 0.4) is 0 Å². The fraction of sp³-hybridized carbons (Fsp3) is 0.364. The largest absolute Gasteiger partial charge is 0.333 e. The van der Waals surface area contributed by atoms with E-state index in [-0.39, 0.29) is 18.4 Å². The van der Waals surface area contributed by atoms with Gasteiger partial charge in [-0.25, -0.2) is 9.18 Å². The van der Waals surface area contributed by atoms with E-state index in [4.69, 9.17) is 0 Å². The Kier molecular flexibility index (Phi) is 7.29. The van der Waals surface area contributed by atoms with E-state index in [0.29, 0.717) is 0 Å². The summed E-state index contributed by atoms with van der Waals surface area (Å²) < 4.78 is 13.7. The summed E-state index contributed by atoms with van der Waals surface area (Å²) in [5.74, 6) is -0.733. The van der Waals surface area contributed by atoms with Gasteiger partial charge in [0.1, 0.15) is 11.9 Å². The van der Waals surface area contributed by atoms with Crippen molar-refractivity contribution in [3.05, 3.63) is 71.0 Å². The van der Waals surface area contributed by atoms with E-state index < -0.39 is 17.5 Å². The molecule has 0 saturated heterocycles. The lowest BCUT2D eigenvalue weighted by molar-refractivity contribution is -0.676. The average molecular weight is 386 g/mol. The minimum Gasteiger partial charge on any atom is -0.333 e. The van der Waals surface area contributed by atoms with Crippen molar-refractivity contribution >= 4 is 11.9 Å². The van der Waals surface area contributed by atoms with Gasteiger partial charge in [-0.3, -0.25) is 10.1 Å². The molecule has 0 spiro atoms. The third-order valence-corrected chi connectivity index (χ3v) is 4.24. The van der Waals surface area contributed by atoms with E-state index in [9.17, 15) is 14.0 Å². The Labute approximate surface area is 165 Å². The summed E-state index contributed by atoms with van der Waals surface area (Å²) in [4.78, 5) is 24.1. The Hall–Kier alpha value is -2.73. The number of hydrogen-bond acceptors (Lipinski definition) is 2. The van der Waals surface area contributed by atoms with Gasteiger partial charge in [0.15, 0.2) is 6.54 Å². The molecule has 0 radical (unpaired) electrons. The number of nitrogens with one attached hydrogen (secondary N) is 2. The predicted octanol–water partition coefficient (Wildman–Crippen LogP) is 2.67. The van der Waals surface area contributed by atoms with Gasteiger partial charge in [-0.05, 0) is 44.9 Å². The molecule has 0 unspecified atom stereocenters. The van der Waals surface area contributed by atoms with Crippen molar-refractivity contribution < 1.29 is 19.3 Å². The molecule has 3 amide bonds. The van der Waals surface area contributed by atoms with E-state index in [1.54, 1.807) is 11.4 Å². The number of rotatable bonds is 6. The van der Waals surface area contributed by atoms with E-state index >= 15 is 0 Å². The molecule has 5 nitrogen and oxygen atoms in total. The summed E-state index contributed by atoms with van der Waals surface area (Å²) >= 11 is 0. The number of halogens is 1. The van der Waals surface area contributed by atoms with Gasteiger partial charge in [-0.15, -0.1) is 0 Å². The first-order valence-corrected chi connectivity index (χ1v) is 9.47. The lowest BCUT2D eigenvalue weighted by Crippen LogP contribution is -2.88. The average Bonchev–Trinajstić information content (AvgIpc) is 2.61. The predicted molar refractivity (Wildman–Crippen MR) is 107 cm³/mol. The monoisotopic (exact) mass is 386 g/mol. The Morgan fingerprint density at radius 3 is 2.32 bits per heavy atom. The maximum absolute atomic E-state index is 13.7. The minimum atomic E-state index is -0.527. The number of carbonyl (C=O) groups is 2. The molecular weight excluding hydrogens is 357 g/mol. The highest BCUT2D eigenvalue weighted by Gasteiger charge is 2.21. The van der Waals surface area contributed by atoms with Crippen LogP contribution in [0.5, 0.6) is 0 Å². The molecule has 0 aliphatic carbocycles. The van der Waals surface area contributed by atoms with Gasteiger partial charge in [-0.2, -0.15) is 0 Å². The van der Waals surface area contributed by atoms with E-state index in [1.165, 1.54) is 17.7 Å². The number of imide groups is 1. The normalized spacial score (nSPS) is 12.3. The second kappa shape index (κ2) is 9.46. The molecule has 0 bridgehead atoms. The third-order valence-electron chi connectivity index (χ3n) is 4.24. The number of hydrogen-bond donors (Lipinski definition) is 3. The lowest BCUT2D eigenvalue weighted by Gasteiger charge is -2.20. The quantitative estimate of drug-likeness (QED) is 0.714. The van der Waals surface area contributed by atoms with Gasteiger partial charge in [0, 0.05) is 16.7 Å². The molecular formula is C22H29FN3O2+. The smallest absolute Gasteiger partial charge is 0.322 e. The van der Waals surface area contributed by atoms with Gasteiger partial charge in [-0.1, -0.05) is 43.3 Å². The van der Waals surface area contributed by atoms with Crippen LogP contribution in [0.15, 0.2) is 48.5 Å². The van der Waals surface area contributed by atoms with Crippen LogP contribution in [0, 0.1) is 5.82 Å². The van der Waals surface area contributed by atoms with Gasteiger partial charge in [0.05, 0.1) is 0 Å². The van der Waals surface area contributed by atoms with Crippen LogP contribution in [0.1, 0.15) is 50.4 Å². The molecule has 0 saturated carbocycles. The van der Waals surface area contributed by atoms with E-state index in [0.717, 1.165) is 17.5 Å². The van der Waals surface area contributed by atoms with Gasteiger partial charge in [0.25, 0.3) is 5.91 Å². The first-order valence-electron chi connectivity index (χ1n) is 9.47. The maximum atomic E-state index is 13.7. The number of quaternary nitrogens is 1. The molecule has 2 aromatic carbocycles. The van der Waals surface area contributed by atoms with Gasteiger partial charge < -0.3 is 10.6 Å². The number of carbonyl (C=O) groups excluding carboxylic acids is 2. The Bertz CT molecular complexity index is 813. The van der Waals surface area contributed by atoms with Crippen molar-refractivity contribution in [1.29, 1.82) is 0 Å². The van der Waals surface area contributed by atoms with Crippen molar-refractivity contribution in [3.8, 4) is 0 Å². The summed E-state index contributed by atoms with van der Waals surface area (Å²) in [7, 11) is 0. The lowest BCUT2D eigenvalue weighted by atomic mass is 9.97. The number of nitrogens with two attached hydrogens (primary N) is 1. The molecule has 1 atom stereocenters. The second-order valence-corrected chi connectivity index (χ2v) is 7.82. The molecule has 28 heavy (non-hydrogen) atoms. The van der Waals surface area contributed by atoms with Gasteiger partial charge in [0.2, 0.25) is 0 Å². The first-order chi connectivity index (χ1) is 13.2. The van der Waals surface area contributed by atoms with Crippen LogP contribution < -0.4 is 16.0 Å². The Morgan fingerprint density at radius 1 is 1.07 bits per heavy atom. The molecule has 4 N–H and O–H groups in total. The third kappa shape index (κ3) is 6.78. The highest BCUT2D eigenvalue weighted by atomic mass is 19.1. The molecule has 0 aliphatic rings. The van der Waals surface area contributed by atoms with Crippen molar-refractivity contribution in [2.24, 2.45) is 0 Å². The molecule has 0 heterocycles. The molecule has 6 heteroatoms. The molecule has 2 aromatic rings. The molecule has 0 aliphatic heterocycles. The first kappa shape index (κ1) is 21.6. The molecule has 150 valence electrons. The summed E-state index contributed by atoms with van der Waals surface area (Å²) in [5, 5.41) is 6.82. The number of benzene rings is 2. The SMILES string of the molecule is CCc1ccc([C@@H]([NH2+]CC(=O)NC(=O)NC(C)(C)C)c2cccc(F)c2)cc1. The van der Waals surface area contributed by atoms with Crippen LogP contribution >= 0.6 is 0 Å². The molecule has 0 aromatic heterocycles. The zero-order valence-corrected chi connectivity index (χ0v) is 16.9. The van der Waals surface area contributed by atoms with Crippen molar-refractivity contribution in [1.82, 2.24) is 10.6 Å². The topological polar surface area (TPSA) is 74.8 Å². The van der Waals surface area contributed by atoms with Crippen LogP contribution in [-0.4, -0.2) is 24.0 Å². The highest BCUT2D eigenvalue weighted by molar-refractivity contribution is 5.94. The van der Waals surface area contributed by atoms with E-state index in [2.05, 4.69) is 17.6 Å². The van der Waals surface area contributed by atoms with Crippen LogP contribution in [0.2, 0.25) is 0 Å². The molecule has 2 rings (SSSR count). The number of amides is 3. The maximum Gasteiger partial charge on any atom is 0.322 e. The van der Waals surface area contributed by atoms with Crippen LogP contribution in [0.25, 0.3) is 0 Å². The Balaban J connectivity index is 2.11. The summed E-state index contributed by atoms with van der Waals surface area (Å²) in [6.07, 6.45) is 0.930. The zero-order valence-electron chi connectivity index (χ0n) is 16.9. The Morgan fingerprint density at radius 2 is 1.75 bits per heavy atom.